The molecule has 0 bridgehead atoms. The number of aryl methyl sites for hydroxylation is 3. The quantitative estimate of drug-likeness (QED) is 0.275. The predicted molar refractivity (Wildman–Crippen MR) is 139 cm³/mol. The summed E-state index contributed by atoms with van der Waals surface area (Å²) < 4.78 is 81.3. The molecule has 0 amide bonds. The summed E-state index contributed by atoms with van der Waals surface area (Å²) in [7, 11) is 1.53. The van der Waals surface area contributed by atoms with Gasteiger partial charge in [-0.1, -0.05) is 17.9 Å². The smallest absolute Gasteiger partial charge is 0.356 e. The lowest BCUT2D eigenvalue weighted by Crippen LogP contribution is -2.32. The first-order valence-corrected chi connectivity index (χ1v) is 13.2. The number of nitrogens with zero attached hydrogens (tertiary/aromatic N) is 7. The van der Waals surface area contributed by atoms with E-state index in [2.05, 4.69) is 20.3 Å². The second-order valence-corrected chi connectivity index (χ2v) is 10.4. The van der Waals surface area contributed by atoms with Crippen molar-refractivity contribution >= 4 is 11.8 Å². The number of rotatable bonds is 9. The third-order valence-electron chi connectivity index (χ3n) is 7.32. The molecule has 1 saturated carbocycles. The molecule has 13 heteroatoms. The topological polar surface area (TPSA) is 63.0 Å². The van der Waals surface area contributed by atoms with Crippen molar-refractivity contribution < 1.29 is 26.3 Å². The van der Waals surface area contributed by atoms with Crippen LogP contribution in [-0.2, 0) is 32.5 Å². The number of aromatic nitrogens is 5. The van der Waals surface area contributed by atoms with Crippen molar-refractivity contribution in [3.8, 4) is 0 Å². The maximum atomic E-state index is 13.5. The Kier molecular flexibility index (Phi) is 8.60. The first kappa shape index (κ1) is 29.6. The SMILES string of the molecule is CCN(CC1CCCC1)c1nc(C)c(C)cc1CN(Cc1cc(C(F)(F)F)cc(C(F)(F)F)c1)c1nnn(C)n1. The zero-order valence-electron chi connectivity index (χ0n) is 22.9. The van der Waals surface area contributed by atoms with Crippen molar-refractivity contribution in [1.82, 2.24) is 25.2 Å². The molecule has 1 aromatic carbocycles. The molecule has 4 rings (SSSR count). The molecule has 1 aliphatic rings. The number of anilines is 2. The number of hydrogen-bond acceptors (Lipinski definition) is 6. The lowest BCUT2D eigenvalue weighted by Gasteiger charge is -2.30. The normalized spacial score (nSPS) is 14.7. The fraction of sp³-hybridized carbons (Fsp3) is 0.556. The van der Waals surface area contributed by atoms with Gasteiger partial charge in [0.1, 0.15) is 5.82 Å². The van der Waals surface area contributed by atoms with Crippen LogP contribution in [0.4, 0.5) is 38.1 Å². The number of hydrogen-bond donors (Lipinski definition) is 0. The van der Waals surface area contributed by atoms with Crippen LogP contribution in [0.15, 0.2) is 24.3 Å². The van der Waals surface area contributed by atoms with Gasteiger partial charge in [-0.2, -0.15) is 31.1 Å². The molecule has 2 aromatic heterocycles. The van der Waals surface area contributed by atoms with Gasteiger partial charge in [-0.05, 0) is 80.1 Å². The van der Waals surface area contributed by atoms with Crippen molar-refractivity contribution in [2.24, 2.45) is 13.0 Å². The molecule has 0 aliphatic heterocycles. The highest BCUT2D eigenvalue weighted by atomic mass is 19.4. The first-order chi connectivity index (χ1) is 18.7. The highest BCUT2D eigenvalue weighted by Gasteiger charge is 2.37. The zero-order valence-corrected chi connectivity index (χ0v) is 22.9. The molecule has 7 nitrogen and oxygen atoms in total. The number of pyridine rings is 1. The molecular formula is C27H33F6N7. The van der Waals surface area contributed by atoms with E-state index in [9.17, 15) is 26.3 Å². The van der Waals surface area contributed by atoms with E-state index in [1.165, 1.54) is 29.6 Å². The summed E-state index contributed by atoms with van der Waals surface area (Å²) in [4.78, 5) is 9.80. The minimum atomic E-state index is -4.95. The highest BCUT2D eigenvalue weighted by molar-refractivity contribution is 5.52. The van der Waals surface area contributed by atoms with Crippen LogP contribution in [0.5, 0.6) is 0 Å². The largest absolute Gasteiger partial charge is 0.416 e. The second-order valence-electron chi connectivity index (χ2n) is 10.4. The van der Waals surface area contributed by atoms with Crippen molar-refractivity contribution in [2.45, 2.75) is 71.9 Å². The average Bonchev–Trinajstić information content (AvgIpc) is 3.55. The standard InChI is InChI=1S/C27H33F6N7/c1-5-39(14-19-8-6-7-9-19)24-21(10-17(2)18(3)34-24)16-40(25-35-37-38(4)36-25)15-20-11-22(26(28,29)30)13-23(12-20)27(31,32)33/h10-13,19H,5-9,14-16H2,1-4H3. The van der Waals surface area contributed by atoms with E-state index in [0.29, 0.717) is 12.5 Å². The molecule has 1 fully saturated rings. The number of halogens is 6. The average molecular weight is 570 g/mol. The van der Waals surface area contributed by atoms with Gasteiger partial charge in [0.25, 0.3) is 5.95 Å². The summed E-state index contributed by atoms with van der Waals surface area (Å²) >= 11 is 0. The predicted octanol–water partition coefficient (Wildman–Crippen LogP) is 6.48. The van der Waals surface area contributed by atoms with Crippen molar-refractivity contribution in [3.05, 3.63) is 57.8 Å². The van der Waals surface area contributed by atoms with Gasteiger partial charge in [-0.15, -0.1) is 5.10 Å². The van der Waals surface area contributed by atoms with Crippen LogP contribution in [0, 0.1) is 19.8 Å². The van der Waals surface area contributed by atoms with Crippen molar-refractivity contribution in [2.75, 3.05) is 22.9 Å². The van der Waals surface area contributed by atoms with Gasteiger partial charge in [0, 0.05) is 37.4 Å². The zero-order chi connectivity index (χ0) is 29.2. The van der Waals surface area contributed by atoms with Crippen LogP contribution >= 0.6 is 0 Å². The van der Waals surface area contributed by atoms with Crippen LogP contribution in [0.1, 0.15) is 66.1 Å². The molecule has 2 heterocycles. The highest BCUT2D eigenvalue weighted by Crippen LogP contribution is 2.37. The maximum absolute atomic E-state index is 13.5. The molecule has 0 unspecified atom stereocenters. The Morgan fingerprint density at radius 2 is 1.52 bits per heavy atom. The summed E-state index contributed by atoms with van der Waals surface area (Å²) in [5.74, 6) is 1.36. The van der Waals surface area contributed by atoms with Crippen LogP contribution in [0.25, 0.3) is 0 Å². The Balaban J connectivity index is 1.75. The van der Waals surface area contributed by atoms with E-state index in [1.807, 2.05) is 26.8 Å². The fourth-order valence-electron chi connectivity index (χ4n) is 5.14. The van der Waals surface area contributed by atoms with Crippen LogP contribution in [-0.4, -0.2) is 38.3 Å². The first-order valence-electron chi connectivity index (χ1n) is 13.2. The summed E-state index contributed by atoms with van der Waals surface area (Å²) in [6.07, 6.45) is -5.22. The van der Waals surface area contributed by atoms with E-state index >= 15 is 0 Å². The molecule has 0 spiro atoms. The van der Waals surface area contributed by atoms with Crippen LogP contribution in [0.2, 0.25) is 0 Å². The Hall–Kier alpha value is -3.38. The van der Waals surface area contributed by atoms with Gasteiger partial charge in [0.2, 0.25) is 0 Å². The van der Waals surface area contributed by atoms with E-state index < -0.39 is 23.5 Å². The van der Waals surface area contributed by atoms with Gasteiger partial charge in [0.05, 0.1) is 18.2 Å². The van der Waals surface area contributed by atoms with E-state index in [0.717, 1.165) is 54.2 Å². The number of alkyl halides is 6. The minimum Gasteiger partial charge on any atom is -0.356 e. The minimum absolute atomic E-state index is 0.0801. The summed E-state index contributed by atoms with van der Waals surface area (Å²) in [6.45, 7) is 7.19. The fourth-order valence-corrected chi connectivity index (χ4v) is 5.14. The van der Waals surface area contributed by atoms with Crippen LogP contribution < -0.4 is 9.80 Å². The van der Waals surface area contributed by atoms with Crippen molar-refractivity contribution in [3.63, 3.8) is 0 Å². The molecular weight excluding hydrogens is 536 g/mol. The van der Waals surface area contributed by atoms with E-state index in [4.69, 9.17) is 4.98 Å². The molecule has 0 atom stereocenters. The molecule has 3 aromatic rings. The summed E-state index contributed by atoms with van der Waals surface area (Å²) in [5, 5.41) is 12.1. The Labute approximate surface area is 229 Å². The summed E-state index contributed by atoms with van der Waals surface area (Å²) in [6, 6.07) is 3.56. The van der Waals surface area contributed by atoms with Gasteiger partial charge < -0.3 is 9.80 Å². The van der Waals surface area contributed by atoms with E-state index in [-0.39, 0.29) is 30.7 Å². The van der Waals surface area contributed by atoms with Gasteiger partial charge in [-0.25, -0.2) is 4.98 Å². The second kappa shape index (κ2) is 11.6. The Morgan fingerprint density at radius 3 is 2.05 bits per heavy atom. The maximum Gasteiger partial charge on any atom is 0.416 e. The van der Waals surface area contributed by atoms with Gasteiger partial charge in [-0.3, -0.25) is 0 Å². The molecule has 0 saturated heterocycles. The third kappa shape index (κ3) is 7.03. The Bertz CT molecular complexity index is 1280. The number of tetrazole rings is 1. The van der Waals surface area contributed by atoms with Crippen LogP contribution in [0.3, 0.4) is 0 Å². The molecule has 0 radical (unpaired) electrons. The Morgan fingerprint density at radius 1 is 0.900 bits per heavy atom. The molecule has 1 aliphatic carbocycles. The molecule has 40 heavy (non-hydrogen) atoms. The molecule has 218 valence electrons. The van der Waals surface area contributed by atoms with Gasteiger partial charge >= 0.3 is 12.4 Å². The van der Waals surface area contributed by atoms with Gasteiger partial charge in [0.15, 0.2) is 0 Å². The monoisotopic (exact) mass is 569 g/mol. The van der Waals surface area contributed by atoms with E-state index in [1.54, 1.807) is 0 Å². The molecule has 0 N–H and O–H groups in total. The third-order valence-corrected chi connectivity index (χ3v) is 7.32. The summed E-state index contributed by atoms with van der Waals surface area (Å²) in [5.41, 5.74) is -0.371. The lowest BCUT2D eigenvalue weighted by molar-refractivity contribution is -0.143. The van der Waals surface area contributed by atoms with Crippen molar-refractivity contribution in [1.29, 1.82) is 0 Å². The number of benzene rings is 1. The lowest BCUT2D eigenvalue weighted by atomic mass is 10.0.